The molecule has 0 atom stereocenters. The Labute approximate surface area is 150 Å². The number of phenols is 1. The highest BCUT2D eigenvalue weighted by atomic mass is 16.3. The van der Waals surface area contributed by atoms with Gasteiger partial charge >= 0.3 is 0 Å². The zero-order chi connectivity index (χ0) is 18.5. The van der Waals surface area contributed by atoms with Crippen LogP contribution in [0.1, 0.15) is 22.4 Å². The summed E-state index contributed by atoms with van der Waals surface area (Å²) in [5, 5.41) is 29.0. The van der Waals surface area contributed by atoms with Gasteiger partial charge < -0.3 is 10.8 Å². The summed E-state index contributed by atoms with van der Waals surface area (Å²) in [5.74, 6) is 0.124. The van der Waals surface area contributed by atoms with Crippen molar-refractivity contribution in [1.29, 1.82) is 10.5 Å². The Morgan fingerprint density at radius 2 is 1.73 bits per heavy atom. The standard InChI is InChI=1S/C20H15N5O/c21-11-16-18(5-4-13-6-8-24-9-7-13)25-20(23)17(12-22)19(16)14-2-1-3-15(26)10-14/h1-3,6-10,26H,4-5H2,(H2,23,25). The molecule has 0 unspecified atom stereocenters. The fourth-order valence-electron chi connectivity index (χ4n) is 2.83. The molecule has 3 rings (SSSR count). The van der Waals surface area contributed by atoms with Gasteiger partial charge in [-0.3, -0.25) is 4.98 Å². The predicted molar refractivity (Wildman–Crippen MR) is 96.8 cm³/mol. The average Bonchev–Trinajstić information content (AvgIpc) is 2.66. The number of pyridine rings is 2. The van der Waals surface area contributed by atoms with Gasteiger partial charge in [-0.1, -0.05) is 12.1 Å². The monoisotopic (exact) mass is 341 g/mol. The summed E-state index contributed by atoms with van der Waals surface area (Å²) in [6.07, 6.45) is 4.57. The Kier molecular flexibility index (Phi) is 4.78. The number of nitrogens with two attached hydrogens (primary N) is 1. The van der Waals surface area contributed by atoms with Gasteiger partial charge in [-0.05, 0) is 48.2 Å². The quantitative estimate of drug-likeness (QED) is 0.753. The van der Waals surface area contributed by atoms with Crippen molar-refractivity contribution in [2.45, 2.75) is 12.8 Å². The number of aromatic hydroxyl groups is 1. The van der Waals surface area contributed by atoms with Gasteiger partial charge in [-0.15, -0.1) is 0 Å². The van der Waals surface area contributed by atoms with E-state index in [1.165, 1.54) is 12.1 Å². The number of nitrogens with zero attached hydrogens (tertiary/aromatic N) is 4. The van der Waals surface area contributed by atoms with Crippen molar-refractivity contribution in [2.24, 2.45) is 0 Å². The molecule has 0 spiro atoms. The third kappa shape index (κ3) is 3.31. The van der Waals surface area contributed by atoms with Crippen LogP contribution in [0.3, 0.4) is 0 Å². The van der Waals surface area contributed by atoms with E-state index in [4.69, 9.17) is 5.73 Å². The van der Waals surface area contributed by atoms with Crippen LogP contribution in [0.25, 0.3) is 11.1 Å². The zero-order valence-corrected chi connectivity index (χ0v) is 13.8. The number of nitrogen functional groups attached to an aromatic ring is 1. The molecular weight excluding hydrogens is 326 g/mol. The summed E-state index contributed by atoms with van der Waals surface area (Å²) in [5.41, 5.74) is 8.97. The van der Waals surface area contributed by atoms with Crippen LogP contribution in [-0.2, 0) is 12.8 Å². The van der Waals surface area contributed by atoms with E-state index in [0.717, 1.165) is 5.56 Å². The second-order valence-electron chi connectivity index (χ2n) is 5.70. The minimum atomic E-state index is 0.0454. The fourth-order valence-corrected chi connectivity index (χ4v) is 2.83. The van der Waals surface area contributed by atoms with E-state index in [1.54, 1.807) is 24.5 Å². The highest BCUT2D eigenvalue weighted by Gasteiger charge is 2.20. The Morgan fingerprint density at radius 3 is 2.38 bits per heavy atom. The van der Waals surface area contributed by atoms with Crippen LogP contribution in [0.4, 0.5) is 5.82 Å². The molecule has 6 nitrogen and oxygen atoms in total. The molecule has 3 aromatic rings. The molecule has 0 aliphatic carbocycles. The first kappa shape index (κ1) is 16.9. The second kappa shape index (κ2) is 7.33. The van der Waals surface area contributed by atoms with Crippen molar-refractivity contribution < 1.29 is 5.11 Å². The number of benzene rings is 1. The SMILES string of the molecule is N#Cc1c(N)nc(CCc2ccncc2)c(C#N)c1-c1cccc(O)c1. The summed E-state index contributed by atoms with van der Waals surface area (Å²) < 4.78 is 0. The van der Waals surface area contributed by atoms with Crippen LogP contribution in [0.2, 0.25) is 0 Å². The molecule has 0 radical (unpaired) electrons. The van der Waals surface area contributed by atoms with Crippen molar-refractivity contribution >= 4 is 5.82 Å². The van der Waals surface area contributed by atoms with E-state index in [2.05, 4.69) is 16.0 Å². The number of aryl methyl sites for hydroxylation is 2. The lowest BCUT2D eigenvalue weighted by molar-refractivity contribution is 0.475. The first-order chi connectivity index (χ1) is 12.6. The largest absolute Gasteiger partial charge is 0.508 e. The van der Waals surface area contributed by atoms with Gasteiger partial charge in [0.1, 0.15) is 29.3 Å². The molecule has 0 saturated heterocycles. The van der Waals surface area contributed by atoms with Crippen LogP contribution in [-0.4, -0.2) is 15.1 Å². The van der Waals surface area contributed by atoms with Crippen molar-refractivity contribution in [3.05, 3.63) is 71.2 Å². The molecule has 126 valence electrons. The number of anilines is 1. The highest BCUT2D eigenvalue weighted by Crippen LogP contribution is 2.33. The van der Waals surface area contributed by atoms with Gasteiger partial charge in [0.05, 0.1) is 11.3 Å². The second-order valence-corrected chi connectivity index (χ2v) is 5.70. The molecule has 26 heavy (non-hydrogen) atoms. The van der Waals surface area contributed by atoms with Crippen molar-refractivity contribution in [3.8, 4) is 29.0 Å². The maximum absolute atomic E-state index is 9.77. The molecule has 6 heteroatoms. The van der Waals surface area contributed by atoms with Crippen molar-refractivity contribution in [3.63, 3.8) is 0 Å². The van der Waals surface area contributed by atoms with Gasteiger partial charge in [0.25, 0.3) is 0 Å². The number of rotatable bonds is 4. The first-order valence-corrected chi connectivity index (χ1v) is 7.95. The average molecular weight is 341 g/mol. The summed E-state index contributed by atoms with van der Waals surface area (Å²) in [6.45, 7) is 0. The van der Waals surface area contributed by atoms with E-state index < -0.39 is 0 Å². The summed E-state index contributed by atoms with van der Waals surface area (Å²) in [7, 11) is 0. The van der Waals surface area contributed by atoms with E-state index in [-0.39, 0.29) is 17.1 Å². The lowest BCUT2D eigenvalue weighted by Gasteiger charge is -2.13. The van der Waals surface area contributed by atoms with Crippen LogP contribution in [0.15, 0.2) is 48.8 Å². The maximum Gasteiger partial charge on any atom is 0.142 e. The van der Waals surface area contributed by atoms with Crippen LogP contribution < -0.4 is 5.73 Å². The Balaban J connectivity index is 2.12. The minimum Gasteiger partial charge on any atom is -0.508 e. The molecule has 0 saturated carbocycles. The van der Waals surface area contributed by atoms with Crippen molar-refractivity contribution in [1.82, 2.24) is 9.97 Å². The third-order valence-electron chi connectivity index (χ3n) is 4.06. The van der Waals surface area contributed by atoms with E-state index >= 15 is 0 Å². The number of phenolic OH excluding ortho intramolecular Hbond substituents is 1. The predicted octanol–water partition coefficient (Wildman–Crippen LogP) is 2.96. The van der Waals surface area contributed by atoms with Crippen LogP contribution >= 0.6 is 0 Å². The van der Waals surface area contributed by atoms with Gasteiger partial charge in [0.15, 0.2) is 0 Å². The topological polar surface area (TPSA) is 120 Å². The molecule has 0 fully saturated rings. The highest BCUT2D eigenvalue weighted by molar-refractivity contribution is 5.81. The van der Waals surface area contributed by atoms with Gasteiger partial charge in [0, 0.05) is 18.0 Å². The Morgan fingerprint density at radius 1 is 1.00 bits per heavy atom. The molecule has 1 aromatic carbocycles. The molecule has 2 heterocycles. The maximum atomic E-state index is 9.77. The van der Waals surface area contributed by atoms with Gasteiger partial charge in [0.2, 0.25) is 0 Å². The van der Waals surface area contributed by atoms with Crippen LogP contribution in [0, 0.1) is 22.7 Å². The summed E-state index contributed by atoms with van der Waals surface area (Å²) in [6, 6.07) is 14.4. The molecule has 0 amide bonds. The molecule has 0 aliphatic rings. The molecular formula is C20H15N5O. The number of aromatic nitrogens is 2. The molecule has 0 bridgehead atoms. The zero-order valence-electron chi connectivity index (χ0n) is 13.8. The van der Waals surface area contributed by atoms with Gasteiger partial charge in [-0.25, -0.2) is 4.98 Å². The Hall–Kier alpha value is -3.90. The lowest BCUT2D eigenvalue weighted by Crippen LogP contribution is -2.07. The van der Waals surface area contributed by atoms with Gasteiger partial charge in [-0.2, -0.15) is 10.5 Å². The third-order valence-corrected chi connectivity index (χ3v) is 4.06. The lowest BCUT2D eigenvalue weighted by atomic mass is 9.93. The van der Waals surface area contributed by atoms with Crippen molar-refractivity contribution in [2.75, 3.05) is 5.73 Å². The van der Waals surface area contributed by atoms with E-state index in [9.17, 15) is 15.6 Å². The first-order valence-electron chi connectivity index (χ1n) is 7.95. The smallest absolute Gasteiger partial charge is 0.142 e. The fraction of sp³-hybridized carbons (Fsp3) is 0.100. The minimum absolute atomic E-state index is 0.0454. The molecule has 3 N–H and O–H groups in total. The summed E-state index contributed by atoms with van der Waals surface area (Å²) >= 11 is 0. The number of hydrogen-bond donors (Lipinski definition) is 2. The number of nitriles is 2. The summed E-state index contributed by atoms with van der Waals surface area (Å²) in [4.78, 5) is 8.28. The Bertz CT molecular complexity index is 1030. The normalized spacial score (nSPS) is 10.1. The number of hydrogen-bond acceptors (Lipinski definition) is 6. The van der Waals surface area contributed by atoms with Crippen LogP contribution in [0.5, 0.6) is 5.75 Å². The molecule has 0 aliphatic heterocycles. The van der Waals surface area contributed by atoms with E-state index in [1.807, 2.05) is 18.2 Å². The molecule has 2 aromatic heterocycles. The van der Waals surface area contributed by atoms with E-state index in [0.29, 0.717) is 35.2 Å².